The van der Waals surface area contributed by atoms with Gasteiger partial charge in [0.05, 0.1) is 11.5 Å². The fourth-order valence-corrected chi connectivity index (χ4v) is 5.33. The van der Waals surface area contributed by atoms with E-state index in [1.165, 1.54) is 0 Å². The van der Waals surface area contributed by atoms with Crippen molar-refractivity contribution in [2.45, 2.75) is 32.9 Å². The summed E-state index contributed by atoms with van der Waals surface area (Å²) in [7, 11) is -3.11. The third kappa shape index (κ3) is 5.49. The lowest BCUT2D eigenvalue weighted by atomic mass is 10.1. The molecule has 0 radical (unpaired) electrons. The zero-order chi connectivity index (χ0) is 20.3. The average molecular weight is 422 g/mol. The molecule has 1 aliphatic rings. The summed E-state index contributed by atoms with van der Waals surface area (Å²) in [5.74, 6) is 0.517. The van der Waals surface area contributed by atoms with Gasteiger partial charge in [0, 0.05) is 17.6 Å². The molecule has 7 heteroatoms. The summed E-state index contributed by atoms with van der Waals surface area (Å²) >= 11 is 5.94. The van der Waals surface area contributed by atoms with Crippen LogP contribution in [0.1, 0.15) is 23.1 Å². The molecule has 1 aliphatic heterocycles. The Labute approximate surface area is 171 Å². The predicted molar refractivity (Wildman–Crippen MR) is 110 cm³/mol. The molecule has 3 rings (SSSR count). The summed E-state index contributed by atoms with van der Waals surface area (Å²) in [6.45, 7) is 4.13. The lowest BCUT2D eigenvalue weighted by Gasteiger charge is -2.28. The number of benzene rings is 2. The third-order valence-corrected chi connectivity index (χ3v) is 6.80. The molecule has 28 heavy (non-hydrogen) atoms. The van der Waals surface area contributed by atoms with E-state index in [-0.39, 0.29) is 30.1 Å². The van der Waals surface area contributed by atoms with Crippen LogP contribution in [0.2, 0.25) is 5.02 Å². The van der Waals surface area contributed by atoms with Crippen LogP contribution in [-0.4, -0.2) is 43.4 Å². The molecule has 1 atom stereocenters. The molecular formula is C21H24ClNO4S. The first kappa shape index (κ1) is 20.7. The zero-order valence-electron chi connectivity index (χ0n) is 16.0. The number of nitrogens with zero attached hydrogens (tertiary/aromatic N) is 1. The number of carbonyl (C=O) groups excluding carboxylic acids is 1. The molecule has 0 aliphatic carbocycles. The van der Waals surface area contributed by atoms with Crippen LogP contribution in [0.4, 0.5) is 0 Å². The fraction of sp³-hybridized carbons (Fsp3) is 0.381. The van der Waals surface area contributed by atoms with E-state index in [0.29, 0.717) is 23.7 Å². The van der Waals surface area contributed by atoms with Crippen molar-refractivity contribution in [2.24, 2.45) is 0 Å². The van der Waals surface area contributed by atoms with Crippen molar-refractivity contribution < 1.29 is 17.9 Å². The minimum atomic E-state index is -3.11. The molecule has 2 aromatic rings. The van der Waals surface area contributed by atoms with Crippen LogP contribution in [-0.2, 0) is 21.2 Å². The van der Waals surface area contributed by atoms with Crippen LogP contribution in [0.5, 0.6) is 5.75 Å². The Balaban J connectivity index is 1.75. The quantitative estimate of drug-likeness (QED) is 0.715. The maximum absolute atomic E-state index is 12.9. The Morgan fingerprint density at radius 1 is 1.14 bits per heavy atom. The molecule has 0 saturated carbocycles. The minimum Gasteiger partial charge on any atom is -0.484 e. The summed E-state index contributed by atoms with van der Waals surface area (Å²) in [4.78, 5) is 14.6. The molecule has 0 spiro atoms. The molecule has 1 amide bonds. The molecule has 0 aromatic heterocycles. The fourth-order valence-electron chi connectivity index (χ4n) is 3.47. The molecular weight excluding hydrogens is 398 g/mol. The van der Waals surface area contributed by atoms with Gasteiger partial charge < -0.3 is 9.64 Å². The van der Waals surface area contributed by atoms with E-state index < -0.39 is 9.84 Å². The highest BCUT2D eigenvalue weighted by Gasteiger charge is 2.34. The van der Waals surface area contributed by atoms with Crippen molar-refractivity contribution >= 4 is 27.3 Å². The van der Waals surface area contributed by atoms with Crippen LogP contribution < -0.4 is 4.74 Å². The smallest absolute Gasteiger partial charge is 0.261 e. The van der Waals surface area contributed by atoms with Gasteiger partial charge in [0.15, 0.2) is 16.4 Å². The van der Waals surface area contributed by atoms with E-state index in [1.54, 1.807) is 17.0 Å². The largest absolute Gasteiger partial charge is 0.484 e. The first-order chi connectivity index (χ1) is 13.2. The summed E-state index contributed by atoms with van der Waals surface area (Å²) in [5, 5.41) is 0.614. The third-order valence-electron chi connectivity index (χ3n) is 4.79. The topological polar surface area (TPSA) is 63.7 Å². The van der Waals surface area contributed by atoms with Crippen LogP contribution >= 0.6 is 11.6 Å². The Hall–Kier alpha value is -2.05. The molecule has 1 saturated heterocycles. The van der Waals surface area contributed by atoms with Gasteiger partial charge in [-0.05, 0) is 61.2 Å². The normalized spacial score (nSPS) is 18.0. The second-order valence-electron chi connectivity index (χ2n) is 7.32. The Morgan fingerprint density at radius 2 is 1.79 bits per heavy atom. The lowest BCUT2D eigenvalue weighted by molar-refractivity contribution is -0.136. The van der Waals surface area contributed by atoms with Crippen molar-refractivity contribution in [3.05, 3.63) is 64.2 Å². The summed E-state index contributed by atoms with van der Waals surface area (Å²) in [6, 6.07) is 12.7. The van der Waals surface area contributed by atoms with Gasteiger partial charge in [0.25, 0.3) is 5.91 Å². The number of aryl methyl sites for hydroxylation is 2. The molecule has 5 nitrogen and oxygen atoms in total. The highest BCUT2D eigenvalue weighted by Crippen LogP contribution is 2.22. The maximum Gasteiger partial charge on any atom is 0.261 e. The Morgan fingerprint density at radius 3 is 2.36 bits per heavy atom. The molecule has 0 bridgehead atoms. The summed E-state index contributed by atoms with van der Waals surface area (Å²) in [6.07, 6.45) is 0.450. The van der Waals surface area contributed by atoms with E-state index in [4.69, 9.17) is 16.3 Å². The van der Waals surface area contributed by atoms with Gasteiger partial charge in [-0.2, -0.15) is 0 Å². The molecule has 1 heterocycles. The second-order valence-corrected chi connectivity index (χ2v) is 9.98. The maximum atomic E-state index is 12.9. The van der Waals surface area contributed by atoms with Gasteiger partial charge in [-0.25, -0.2) is 8.42 Å². The van der Waals surface area contributed by atoms with Gasteiger partial charge in [0.1, 0.15) is 5.75 Å². The van der Waals surface area contributed by atoms with E-state index in [2.05, 4.69) is 0 Å². The summed E-state index contributed by atoms with van der Waals surface area (Å²) in [5.41, 5.74) is 3.01. The highest BCUT2D eigenvalue weighted by atomic mass is 35.5. The van der Waals surface area contributed by atoms with E-state index in [0.717, 1.165) is 16.7 Å². The summed E-state index contributed by atoms with van der Waals surface area (Å²) < 4.78 is 29.6. The van der Waals surface area contributed by atoms with Crippen LogP contribution in [0.3, 0.4) is 0 Å². The number of hydrogen-bond acceptors (Lipinski definition) is 4. The number of amides is 1. The van der Waals surface area contributed by atoms with E-state index >= 15 is 0 Å². The number of rotatable bonds is 6. The molecule has 2 aromatic carbocycles. The lowest BCUT2D eigenvalue weighted by Crippen LogP contribution is -2.43. The standard InChI is InChI=1S/C21H24ClNO4S/c1-15-9-16(2)11-20(10-15)27-13-21(24)23(19-7-8-28(25,26)14-19)12-17-3-5-18(22)6-4-17/h3-6,9-11,19H,7-8,12-14H2,1-2H3/t19-/m0/s1. The van der Waals surface area contributed by atoms with Gasteiger partial charge in [0.2, 0.25) is 0 Å². The van der Waals surface area contributed by atoms with Crippen molar-refractivity contribution in [1.82, 2.24) is 4.90 Å². The number of carbonyl (C=O) groups is 1. The van der Waals surface area contributed by atoms with E-state index in [1.807, 2.05) is 44.2 Å². The van der Waals surface area contributed by atoms with Crippen LogP contribution in [0.15, 0.2) is 42.5 Å². The number of halogens is 1. The van der Waals surface area contributed by atoms with Gasteiger partial charge in [-0.3, -0.25) is 4.79 Å². The zero-order valence-corrected chi connectivity index (χ0v) is 17.6. The van der Waals surface area contributed by atoms with Crippen molar-refractivity contribution in [1.29, 1.82) is 0 Å². The van der Waals surface area contributed by atoms with Gasteiger partial charge >= 0.3 is 0 Å². The molecule has 0 N–H and O–H groups in total. The average Bonchev–Trinajstić information content (AvgIpc) is 2.98. The first-order valence-electron chi connectivity index (χ1n) is 9.17. The van der Waals surface area contributed by atoms with Crippen LogP contribution in [0.25, 0.3) is 0 Å². The Bertz CT molecular complexity index is 937. The SMILES string of the molecule is Cc1cc(C)cc(OCC(=O)N(Cc2ccc(Cl)cc2)[C@H]2CCS(=O)(=O)C2)c1. The Kier molecular flexibility index (Phi) is 6.30. The van der Waals surface area contributed by atoms with Crippen molar-refractivity contribution in [3.8, 4) is 5.75 Å². The number of sulfone groups is 1. The molecule has 150 valence electrons. The second kappa shape index (κ2) is 8.53. The van der Waals surface area contributed by atoms with Gasteiger partial charge in [-0.15, -0.1) is 0 Å². The first-order valence-corrected chi connectivity index (χ1v) is 11.4. The van der Waals surface area contributed by atoms with Crippen LogP contribution in [0, 0.1) is 13.8 Å². The minimum absolute atomic E-state index is 0.00408. The number of ether oxygens (including phenoxy) is 1. The monoisotopic (exact) mass is 421 g/mol. The molecule has 0 unspecified atom stereocenters. The van der Waals surface area contributed by atoms with Crippen molar-refractivity contribution in [2.75, 3.05) is 18.1 Å². The van der Waals surface area contributed by atoms with Gasteiger partial charge in [-0.1, -0.05) is 29.8 Å². The molecule has 1 fully saturated rings. The number of hydrogen-bond donors (Lipinski definition) is 0. The highest BCUT2D eigenvalue weighted by molar-refractivity contribution is 7.91. The van der Waals surface area contributed by atoms with E-state index in [9.17, 15) is 13.2 Å². The van der Waals surface area contributed by atoms with Crippen molar-refractivity contribution in [3.63, 3.8) is 0 Å². The predicted octanol–water partition coefficient (Wildman–Crippen LogP) is 3.55.